The summed E-state index contributed by atoms with van der Waals surface area (Å²) < 4.78 is 11.9. The van der Waals surface area contributed by atoms with Crippen molar-refractivity contribution in [2.45, 2.75) is 96.1 Å². The van der Waals surface area contributed by atoms with Crippen LogP contribution in [0.4, 0.5) is 0 Å². The highest BCUT2D eigenvalue weighted by atomic mass is 16.5. The summed E-state index contributed by atoms with van der Waals surface area (Å²) in [6.07, 6.45) is 8.47. The molecule has 4 bridgehead atoms. The molecule has 47 heavy (non-hydrogen) atoms. The molecule has 3 aliphatic rings. The fourth-order valence-electron chi connectivity index (χ4n) is 8.03. The van der Waals surface area contributed by atoms with Crippen molar-refractivity contribution in [1.82, 2.24) is 38.9 Å². The van der Waals surface area contributed by atoms with Crippen molar-refractivity contribution in [3.05, 3.63) is 65.2 Å². The minimum atomic E-state index is -0.301. The Bertz CT molecular complexity index is 2020. The van der Waals surface area contributed by atoms with Gasteiger partial charge in [0.1, 0.15) is 22.7 Å². The van der Waals surface area contributed by atoms with Gasteiger partial charge in [0.05, 0.1) is 30.2 Å². The number of nitrogens with one attached hydrogen (secondary N) is 1. The van der Waals surface area contributed by atoms with Gasteiger partial charge >= 0.3 is 0 Å². The average Bonchev–Trinajstić information content (AvgIpc) is 3.89. The smallest absolute Gasteiger partial charge is 0.270 e. The van der Waals surface area contributed by atoms with Gasteiger partial charge in [0.15, 0.2) is 5.88 Å². The van der Waals surface area contributed by atoms with Crippen LogP contribution in [-0.4, -0.2) is 70.7 Å². The highest BCUT2D eigenvalue weighted by Gasteiger charge is 2.47. The molecule has 0 unspecified atom stereocenters. The SMILES string of the molecule is COc1cc(C(=O)N2[C@H]3CC[C@@H]2[C@H](N)C3)cc2nc(-c3cc4ccc5nc4n3CCCCCCn3nccc3C(=O)N[C@@H]5C)c(C)n12. The van der Waals surface area contributed by atoms with Gasteiger partial charge in [0, 0.05) is 54.4 Å². The molecule has 5 aromatic rings. The second kappa shape index (κ2) is 11.5. The molecule has 8 heterocycles. The molecule has 4 atom stereocenters. The third-order valence-electron chi connectivity index (χ3n) is 10.4. The molecule has 0 aromatic carbocycles. The van der Waals surface area contributed by atoms with Crippen molar-refractivity contribution < 1.29 is 14.3 Å². The zero-order chi connectivity index (χ0) is 32.4. The number of aryl methyl sites for hydroxylation is 3. The lowest BCUT2D eigenvalue weighted by Gasteiger charge is -2.23. The lowest BCUT2D eigenvalue weighted by molar-refractivity contribution is 0.0725. The summed E-state index contributed by atoms with van der Waals surface area (Å²) in [7, 11) is 1.63. The van der Waals surface area contributed by atoms with Crippen molar-refractivity contribution in [2.75, 3.05) is 7.11 Å². The first-order valence-corrected chi connectivity index (χ1v) is 16.8. The molecule has 2 saturated heterocycles. The van der Waals surface area contributed by atoms with Gasteiger partial charge in [-0.15, -0.1) is 0 Å². The molecular weight excluding hydrogens is 594 g/mol. The Morgan fingerprint density at radius 3 is 2.62 bits per heavy atom. The molecule has 3 N–H and O–H groups in total. The monoisotopic (exact) mass is 635 g/mol. The van der Waals surface area contributed by atoms with E-state index in [1.54, 1.807) is 24.1 Å². The van der Waals surface area contributed by atoms with E-state index in [9.17, 15) is 9.59 Å². The minimum Gasteiger partial charge on any atom is -0.482 e. The van der Waals surface area contributed by atoms with Crippen molar-refractivity contribution in [2.24, 2.45) is 5.73 Å². The summed E-state index contributed by atoms with van der Waals surface area (Å²) in [6.45, 7) is 5.47. The molecule has 2 amide bonds. The Morgan fingerprint density at radius 2 is 1.85 bits per heavy atom. The van der Waals surface area contributed by atoms with Crippen LogP contribution >= 0.6 is 0 Å². The molecule has 8 rings (SSSR count). The zero-order valence-electron chi connectivity index (χ0n) is 27.1. The van der Waals surface area contributed by atoms with Gasteiger partial charge in [0.2, 0.25) is 0 Å². The number of hydrogen-bond donors (Lipinski definition) is 2. The largest absolute Gasteiger partial charge is 0.482 e. The topological polar surface area (TPSA) is 138 Å². The number of hydrogen-bond acceptors (Lipinski definition) is 7. The van der Waals surface area contributed by atoms with E-state index in [0.717, 1.165) is 85.3 Å². The predicted octanol–water partition coefficient (Wildman–Crippen LogP) is 4.63. The van der Waals surface area contributed by atoms with E-state index in [4.69, 9.17) is 20.4 Å². The van der Waals surface area contributed by atoms with Gasteiger partial charge in [-0.2, -0.15) is 5.10 Å². The predicted molar refractivity (Wildman–Crippen MR) is 177 cm³/mol. The first-order valence-electron chi connectivity index (χ1n) is 16.8. The van der Waals surface area contributed by atoms with Crippen LogP contribution in [-0.2, 0) is 13.1 Å². The third-order valence-corrected chi connectivity index (χ3v) is 10.4. The summed E-state index contributed by atoms with van der Waals surface area (Å²) in [6, 6.07) is 11.7. The van der Waals surface area contributed by atoms with Crippen LogP contribution in [0.3, 0.4) is 0 Å². The van der Waals surface area contributed by atoms with Gasteiger partial charge < -0.3 is 25.3 Å². The van der Waals surface area contributed by atoms with Gasteiger partial charge in [-0.1, -0.05) is 12.8 Å². The van der Waals surface area contributed by atoms with E-state index in [2.05, 4.69) is 27.1 Å². The summed E-state index contributed by atoms with van der Waals surface area (Å²) in [5.74, 6) is 0.402. The third kappa shape index (κ3) is 4.88. The normalized spacial score (nSPS) is 23.2. The Labute approximate surface area is 272 Å². The quantitative estimate of drug-likeness (QED) is 0.295. The number of methoxy groups -OCH3 is 1. The van der Waals surface area contributed by atoms with Gasteiger partial charge in [-0.3, -0.25) is 18.7 Å². The molecule has 12 nitrogen and oxygen atoms in total. The molecule has 0 radical (unpaired) electrons. The lowest BCUT2D eigenvalue weighted by atomic mass is 9.97. The average molecular weight is 636 g/mol. The molecule has 0 aliphatic carbocycles. The van der Waals surface area contributed by atoms with Gasteiger partial charge in [0.25, 0.3) is 11.8 Å². The van der Waals surface area contributed by atoms with E-state index in [1.807, 2.05) is 41.3 Å². The van der Waals surface area contributed by atoms with Gasteiger partial charge in [-0.05, 0) is 76.3 Å². The number of fused-ring (bicyclic) bond motifs is 5. The Kier molecular flexibility index (Phi) is 7.27. The number of ether oxygens (including phenoxy) is 1. The Morgan fingerprint density at radius 1 is 1.02 bits per heavy atom. The molecular formula is C35H41N9O3. The molecule has 5 aromatic heterocycles. The molecule has 3 aliphatic heterocycles. The first kappa shape index (κ1) is 29.7. The number of rotatable bonds is 3. The second-order valence-electron chi connectivity index (χ2n) is 13.3. The number of aromatic nitrogens is 6. The van der Waals surface area contributed by atoms with Crippen molar-refractivity contribution in [1.29, 1.82) is 0 Å². The molecule has 12 heteroatoms. The fraction of sp³-hybridized carbons (Fsp3) is 0.457. The van der Waals surface area contributed by atoms with Crippen molar-refractivity contribution >= 4 is 28.5 Å². The highest BCUT2D eigenvalue weighted by Crippen LogP contribution is 2.39. The van der Waals surface area contributed by atoms with E-state index >= 15 is 0 Å². The van der Waals surface area contributed by atoms with Crippen LogP contribution in [0.1, 0.15) is 90.1 Å². The minimum absolute atomic E-state index is 0.00649. The van der Waals surface area contributed by atoms with Crippen molar-refractivity contribution in [3.63, 3.8) is 0 Å². The number of carbonyl (C=O) groups excluding carboxylic acids is 2. The van der Waals surface area contributed by atoms with Crippen LogP contribution in [0.15, 0.2) is 42.6 Å². The molecule has 244 valence electrons. The molecule has 0 saturated carbocycles. The van der Waals surface area contributed by atoms with Crippen molar-refractivity contribution in [3.8, 4) is 17.3 Å². The standard InChI is InChI=1S/C35H41N9O3/c1-20-26-10-8-22-16-29(41(33(22)39-26)14-6-4-5-7-15-42-28(12-13-37-42)34(45)38-20)32-21(2)43-30(40-32)17-23(18-31(43)47-3)35(46)44-24-9-11-27(44)25(36)19-24/h8,10,12-13,16-18,20,24-25,27H,4-7,9,11,14-15,19,36H2,1-3H3,(H,38,45)/t20-,24+,25-,27-/m1/s1. The number of pyridine rings is 2. The van der Waals surface area contributed by atoms with E-state index in [-0.39, 0.29) is 36.0 Å². The maximum absolute atomic E-state index is 13.8. The number of carbonyl (C=O) groups is 2. The van der Waals surface area contributed by atoms with Crippen LogP contribution in [0.5, 0.6) is 5.88 Å². The van der Waals surface area contributed by atoms with Crippen LogP contribution in [0.25, 0.3) is 28.1 Å². The Balaban J connectivity index is 1.20. The van der Waals surface area contributed by atoms with E-state index in [0.29, 0.717) is 29.3 Å². The summed E-state index contributed by atoms with van der Waals surface area (Å²) >= 11 is 0. The van der Waals surface area contributed by atoms with Crippen LogP contribution < -0.4 is 15.8 Å². The first-order chi connectivity index (χ1) is 22.8. The summed E-state index contributed by atoms with van der Waals surface area (Å²) in [5, 5.41) is 8.51. The second-order valence-corrected chi connectivity index (χ2v) is 13.3. The maximum Gasteiger partial charge on any atom is 0.270 e. The highest BCUT2D eigenvalue weighted by molar-refractivity contribution is 5.97. The van der Waals surface area contributed by atoms with Crippen LogP contribution in [0.2, 0.25) is 0 Å². The number of nitrogens with two attached hydrogens (primary N) is 1. The Hall–Kier alpha value is -4.71. The maximum atomic E-state index is 13.8. The number of amides is 2. The molecule has 2 fully saturated rings. The van der Waals surface area contributed by atoms with Crippen LogP contribution in [0, 0.1) is 6.92 Å². The van der Waals surface area contributed by atoms with Gasteiger partial charge in [-0.25, -0.2) is 9.97 Å². The van der Waals surface area contributed by atoms with E-state index in [1.165, 1.54) is 0 Å². The lowest BCUT2D eigenvalue weighted by Crippen LogP contribution is -2.40. The zero-order valence-corrected chi connectivity index (χ0v) is 27.1. The molecule has 0 spiro atoms. The summed E-state index contributed by atoms with van der Waals surface area (Å²) in [5.41, 5.74) is 12.5. The fourth-order valence-corrected chi connectivity index (χ4v) is 8.03. The van der Waals surface area contributed by atoms with E-state index < -0.39 is 0 Å². The number of nitrogens with zero attached hydrogens (tertiary/aromatic N) is 7. The number of imidazole rings is 1. The summed E-state index contributed by atoms with van der Waals surface area (Å²) in [4.78, 5) is 39.3.